The van der Waals surface area contributed by atoms with Gasteiger partial charge in [-0.3, -0.25) is 14.1 Å². The number of hydrogen-bond donors (Lipinski definition) is 1. The van der Waals surface area contributed by atoms with Crippen molar-refractivity contribution < 1.29 is 5.11 Å². The average Bonchev–Trinajstić information content (AvgIpc) is 2.97. The molecule has 1 saturated heterocycles. The Morgan fingerprint density at radius 3 is 2.84 bits per heavy atom. The van der Waals surface area contributed by atoms with E-state index in [0.717, 1.165) is 17.7 Å². The van der Waals surface area contributed by atoms with E-state index in [1.54, 1.807) is 10.5 Å². The zero-order valence-corrected chi connectivity index (χ0v) is 14.9. The minimum atomic E-state index is -0.254. The summed E-state index contributed by atoms with van der Waals surface area (Å²) in [6.07, 6.45) is 8.92. The minimum Gasteiger partial charge on any atom is -0.392 e. The van der Waals surface area contributed by atoms with Gasteiger partial charge >= 0.3 is 0 Å². The molecule has 0 unspecified atom stereocenters. The molecule has 5 heteroatoms. The molecule has 2 aliphatic rings. The van der Waals surface area contributed by atoms with Crippen molar-refractivity contribution in [3.8, 4) is 0 Å². The molecule has 4 rings (SSSR count). The standard InChI is InChI=1S/C20H27N3O2/c1-14-7-8-19-21-16(9-20(25)23(19)11-14)12-22-13-17(24)10-18(22)15-5-3-2-4-6-15/h7-9,11,15,17-18,24H,2-6,10,12-13H2,1H3/t17-,18+/m0/s1. The normalized spacial score (nSPS) is 25.7. The number of aryl methyl sites for hydroxylation is 1. The highest BCUT2D eigenvalue weighted by Crippen LogP contribution is 2.35. The van der Waals surface area contributed by atoms with Crippen molar-refractivity contribution in [1.29, 1.82) is 0 Å². The van der Waals surface area contributed by atoms with Crippen molar-refractivity contribution in [2.45, 2.75) is 64.1 Å². The Morgan fingerprint density at radius 1 is 1.24 bits per heavy atom. The first-order chi connectivity index (χ1) is 12.1. The lowest BCUT2D eigenvalue weighted by molar-refractivity contribution is 0.146. The Balaban J connectivity index is 1.58. The Hall–Kier alpha value is -1.72. The summed E-state index contributed by atoms with van der Waals surface area (Å²) in [5.41, 5.74) is 2.52. The zero-order valence-electron chi connectivity index (χ0n) is 14.9. The van der Waals surface area contributed by atoms with E-state index >= 15 is 0 Å². The van der Waals surface area contributed by atoms with Crippen molar-refractivity contribution in [1.82, 2.24) is 14.3 Å². The number of nitrogens with zero attached hydrogens (tertiary/aromatic N) is 3. The van der Waals surface area contributed by atoms with Gasteiger partial charge in [-0.15, -0.1) is 0 Å². The molecule has 2 atom stereocenters. The van der Waals surface area contributed by atoms with Crippen molar-refractivity contribution >= 4 is 5.65 Å². The van der Waals surface area contributed by atoms with E-state index in [9.17, 15) is 9.90 Å². The van der Waals surface area contributed by atoms with Gasteiger partial charge < -0.3 is 5.11 Å². The first-order valence-electron chi connectivity index (χ1n) is 9.51. The lowest BCUT2D eigenvalue weighted by atomic mass is 9.82. The molecular weight excluding hydrogens is 314 g/mol. The smallest absolute Gasteiger partial charge is 0.258 e. The van der Waals surface area contributed by atoms with Crippen LogP contribution in [-0.2, 0) is 6.54 Å². The van der Waals surface area contributed by atoms with E-state index in [1.165, 1.54) is 32.1 Å². The van der Waals surface area contributed by atoms with Crippen LogP contribution in [0.25, 0.3) is 5.65 Å². The van der Waals surface area contributed by atoms with Crippen molar-refractivity contribution in [2.75, 3.05) is 6.54 Å². The maximum Gasteiger partial charge on any atom is 0.258 e. The van der Waals surface area contributed by atoms with Crippen LogP contribution in [0, 0.1) is 12.8 Å². The van der Waals surface area contributed by atoms with Crippen LogP contribution >= 0.6 is 0 Å². The van der Waals surface area contributed by atoms with Crippen molar-refractivity contribution in [2.24, 2.45) is 5.92 Å². The Kier molecular flexibility index (Phi) is 4.61. The number of rotatable bonds is 3. The molecule has 2 fully saturated rings. The fourth-order valence-corrected chi connectivity index (χ4v) is 4.65. The highest BCUT2D eigenvalue weighted by molar-refractivity contribution is 5.39. The second kappa shape index (κ2) is 6.89. The molecule has 0 bridgehead atoms. The first kappa shape index (κ1) is 16.7. The number of hydrogen-bond acceptors (Lipinski definition) is 4. The molecule has 3 heterocycles. The lowest BCUT2D eigenvalue weighted by Crippen LogP contribution is -2.36. The van der Waals surface area contributed by atoms with Gasteiger partial charge in [0.2, 0.25) is 0 Å². The second-order valence-corrected chi connectivity index (χ2v) is 7.80. The largest absolute Gasteiger partial charge is 0.392 e. The van der Waals surface area contributed by atoms with E-state index in [1.807, 2.05) is 25.3 Å². The number of aromatic nitrogens is 2. The Morgan fingerprint density at radius 2 is 2.04 bits per heavy atom. The molecule has 0 aromatic carbocycles. The van der Waals surface area contributed by atoms with E-state index in [0.29, 0.717) is 30.7 Å². The Bertz CT molecular complexity index is 810. The van der Waals surface area contributed by atoms with E-state index < -0.39 is 0 Å². The summed E-state index contributed by atoms with van der Waals surface area (Å²) >= 11 is 0. The average molecular weight is 341 g/mol. The summed E-state index contributed by atoms with van der Waals surface area (Å²) in [6, 6.07) is 5.96. The molecule has 0 spiro atoms. The SMILES string of the molecule is Cc1ccc2nc(CN3C[C@@H](O)C[C@@H]3C3CCCCC3)cc(=O)n2c1. The van der Waals surface area contributed by atoms with Crippen LogP contribution in [-0.4, -0.2) is 38.1 Å². The van der Waals surface area contributed by atoms with Crippen LogP contribution in [0.2, 0.25) is 0 Å². The molecule has 2 aromatic rings. The summed E-state index contributed by atoms with van der Waals surface area (Å²) < 4.78 is 1.61. The fraction of sp³-hybridized carbons (Fsp3) is 0.600. The molecule has 0 amide bonds. The maximum absolute atomic E-state index is 12.4. The van der Waals surface area contributed by atoms with Gasteiger partial charge in [0.25, 0.3) is 5.56 Å². The molecule has 0 radical (unpaired) electrons. The predicted octanol–water partition coefficient (Wildman–Crippen LogP) is 2.52. The lowest BCUT2D eigenvalue weighted by Gasteiger charge is -2.33. The molecule has 5 nitrogen and oxygen atoms in total. The molecule has 25 heavy (non-hydrogen) atoms. The number of β-amino-alcohol motifs (C(OH)–C–C–N with tert-alkyl or cyclic N) is 1. The molecule has 2 aromatic heterocycles. The third-order valence-electron chi connectivity index (χ3n) is 5.85. The van der Waals surface area contributed by atoms with Gasteiger partial charge in [0.05, 0.1) is 11.8 Å². The number of likely N-dealkylation sites (tertiary alicyclic amines) is 1. The topological polar surface area (TPSA) is 57.8 Å². The van der Waals surface area contributed by atoms with E-state index in [-0.39, 0.29) is 11.7 Å². The van der Waals surface area contributed by atoms with Gasteiger partial charge in [-0.25, -0.2) is 4.98 Å². The number of fused-ring (bicyclic) bond motifs is 1. The molecule has 1 N–H and O–H groups in total. The third-order valence-corrected chi connectivity index (χ3v) is 5.85. The van der Waals surface area contributed by atoms with Crippen LogP contribution in [0.4, 0.5) is 0 Å². The van der Waals surface area contributed by atoms with Crippen LogP contribution in [0.15, 0.2) is 29.2 Å². The first-order valence-corrected chi connectivity index (χ1v) is 9.51. The third kappa shape index (κ3) is 3.48. The summed E-state index contributed by atoms with van der Waals surface area (Å²) in [6.45, 7) is 3.31. The van der Waals surface area contributed by atoms with Gasteiger partial charge in [0, 0.05) is 31.4 Å². The number of aliphatic hydroxyl groups is 1. The van der Waals surface area contributed by atoms with E-state index in [4.69, 9.17) is 0 Å². The van der Waals surface area contributed by atoms with Crippen molar-refractivity contribution in [3.63, 3.8) is 0 Å². The molecule has 134 valence electrons. The van der Waals surface area contributed by atoms with Crippen LogP contribution in [0.1, 0.15) is 49.8 Å². The fourth-order valence-electron chi connectivity index (χ4n) is 4.65. The second-order valence-electron chi connectivity index (χ2n) is 7.80. The van der Waals surface area contributed by atoms with Crippen molar-refractivity contribution in [3.05, 3.63) is 46.0 Å². The summed E-state index contributed by atoms with van der Waals surface area (Å²) in [5.74, 6) is 0.676. The number of pyridine rings is 1. The van der Waals surface area contributed by atoms with Gasteiger partial charge in [-0.1, -0.05) is 25.3 Å². The Labute approximate surface area is 148 Å². The monoisotopic (exact) mass is 341 g/mol. The summed E-state index contributed by atoms with van der Waals surface area (Å²) in [4.78, 5) is 19.5. The van der Waals surface area contributed by atoms with E-state index in [2.05, 4.69) is 9.88 Å². The van der Waals surface area contributed by atoms with Crippen LogP contribution in [0.5, 0.6) is 0 Å². The maximum atomic E-state index is 12.4. The predicted molar refractivity (Wildman–Crippen MR) is 97.6 cm³/mol. The minimum absolute atomic E-state index is 0.0299. The summed E-state index contributed by atoms with van der Waals surface area (Å²) in [7, 11) is 0. The molecule has 1 saturated carbocycles. The highest BCUT2D eigenvalue weighted by Gasteiger charge is 2.36. The number of aliphatic hydroxyl groups excluding tert-OH is 1. The zero-order chi connectivity index (χ0) is 17.4. The van der Waals surface area contributed by atoms with Crippen LogP contribution < -0.4 is 5.56 Å². The van der Waals surface area contributed by atoms with Gasteiger partial charge in [-0.05, 0) is 43.7 Å². The molecular formula is C20H27N3O2. The van der Waals surface area contributed by atoms with Gasteiger partial charge in [-0.2, -0.15) is 0 Å². The quantitative estimate of drug-likeness (QED) is 0.932. The molecule has 1 aliphatic carbocycles. The highest BCUT2D eigenvalue weighted by atomic mass is 16.3. The van der Waals surface area contributed by atoms with Crippen LogP contribution in [0.3, 0.4) is 0 Å². The molecule has 1 aliphatic heterocycles. The van der Waals surface area contributed by atoms with Gasteiger partial charge in [0.1, 0.15) is 5.65 Å². The summed E-state index contributed by atoms with van der Waals surface area (Å²) in [5, 5.41) is 10.2. The van der Waals surface area contributed by atoms with Gasteiger partial charge in [0.15, 0.2) is 0 Å².